The van der Waals surface area contributed by atoms with Gasteiger partial charge in [0.15, 0.2) is 0 Å². The van der Waals surface area contributed by atoms with Gasteiger partial charge >= 0.3 is 0 Å². The maximum absolute atomic E-state index is 14.5. The Kier molecular flexibility index (Phi) is 7.16. The zero-order valence-electron chi connectivity index (χ0n) is 21.0. The monoisotopic (exact) mass is 499 g/mol. The first-order chi connectivity index (χ1) is 18.0. The van der Waals surface area contributed by atoms with Gasteiger partial charge in [0.1, 0.15) is 11.6 Å². The number of carbonyl (C=O) groups excluding carboxylic acids is 1. The van der Waals surface area contributed by atoms with Gasteiger partial charge in [0.25, 0.3) is 5.91 Å². The third-order valence-corrected chi connectivity index (χ3v) is 6.26. The highest BCUT2D eigenvalue weighted by molar-refractivity contribution is 6.10. The predicted octanol–water partition coefficient (Wildman–Crippen LogP) is 6.62. The number of hydrogen-bond donors (Lipinski definition) is 2. The lowest BCUT2D eigenvalue weighted by Crippen LogP contribution is -2.29. The third kappa shape index (κ3) is 5.80. The molecule has 2 heterocycles. The molecular formula is C29H30FN5O2. The summed E-state index contributed by atoms with van der Waals surface area (Å²) in [6.07, 6.45) is 4.96. The third-order valence-electron chi connectivity index (χ3n) is 6.26. The number of halogens is 1. The van der Waals surface area contributed by atoms with E-state index in [2.05, 4.69) is 25.5 Å². The Hall–Kier alpha value is -4.20. The Morgan fingerprint density at radius 3 is 2.57 bits per heavy atom. The summed E-state index contributed by atoms with van der Waals surface area (Å²) >= 11 is 0. The fraction of sp³-hybridized carbons (Fsp3) is 0.276. The van der Waals surface area contributed by atoms with Crippen molar-refractivity contribution in [3.8, 4) is 11.6 Å². The van der Waals surface area contributed by atoms with Gasteiger partial charge in [-0.15, -0.1) is 0 Å². The van der Waals surface area contributed by atoms with E-state index < -0.39 is 5.82 Å². The zero-order valence-corrected chi connectivity index (χ0v) is 21.0. The Balaban J connectivity index is 1.40. The first-order valence-corrected chi connectivity index (χ1v) is 12.6. The first-order valence-electron chi connectivity index (χ1n) is 12.6. The number of amides is 1. The van der Waals surface area contributed by atoms with Gasteiger partial charge in [-0.3, -0.25) is 4.79 Å². The standard InChI is InChI=1S/C29H30FN5O2/c1-19(2)32-29-31-13-12-27(34-29)37-26-11-10-25(23-8-4-5-9-24(23)26)33-28(36)20-16-21(30)18-22(17-20)35-14-6-3-7-15-35/h4-5,8-13,16-19H,3,6-7,14-15H2,1-2H3,(H,33,36)(H,31,32,34). The molecule has 1 aliphatic heterocycles. The van der Waals surface area contributed by atoms with Crippen molar-refractivity contribution in [2.45, 2.75) is 39.2 Å². The van der Waals surface area contributed by atoms with Crippen LogP contribution >= 0.6 is 0 Å². The molecule has 1 aliphatic rings. The second-order valence-electron chi connectivity index (χ2n) is 9.48. The van der Waals surface area contributed by atoms with Gasteiger partial charge < -0.3 is 20.3 Å². The van der Waals surface area contributed by atoms with Crippen molar-refractivity contribution in [1.82, 2.24) is 9.97 Å². The second kappa shape index (κ2) is 10.8. The molecule has 7 nitrogen and oxygen atoms in total. The summed E-state index contributed by atoms with van der Waals surface area (Å²) in [6.45, 7) is 5.77. The highest BCUT2D eigenvalue weighted by Gasteiger charge is 2.17. The molecule has 0 atom stereocenters. The van der Waals surface area contributed by atoms with Gasteiger partial charge in [-0.1, -0.05) is 24.3 Å². The van der Waals surface area contributed by atoms with E-state index in [-0.39, 0.29) is 17.5 Å². The Morgan fingerprint density at radius 1 is 1.00 bits per heavy atom. The van der Waals surface area contributed by atoms with Crippen LogP contribution < -0.4 is 20.3 Å². The summed E-state index contributed by atoms with van der Waals surface area (Å²) in [5.74, 6) is 0.709. The van der Waals surface area contributed by atoms with Crippen LogP contribution in [0, 0.1) is 5.82 Å². The van der Waals surface area contributed by atoms with Gasteiger partial charge in [0, 0.05) is 59.1 Å². The molecular weight excluding hydrogens is 469 g/mol. The molecule has 0 unspecified atom stereocenters. The van der Waals surface area contributed by atoms with Crippen LogP contribution in [0.15, 0.2) is 66.9 Å². The summed E-state index contributed by atoms with van der Waals surface area (Å²) in [5, 5.41) is 7.74. The molecule has 0 aliphatic carbocycles. The highest BCUT2D eigenvalue weighted by Crippen LogP contribution is 2.34. The van der Waals surface area contributed by atoms with Crippen LogP contribution in [0.5, 0.6) is 11.6 Å². The molecule has 1 saturated heterocycles. The van der Waals surface area contributed by atoms with Gasteiger partial charge in [-0.05, 0) is 63.4 Å². The number of anilines is 3. The zero-order chi connectivity index (χ0) is 25.8. The molecule has 190 valence electrons. The first kappa shape index (κ1) is 24.5. The number of benzene rings is 3. The van der Waals surface area contributed by atoms with Crippen LogP contribution in [0.1, 0.15) is 43.5 Å². The number of piperidine rings is 1. The summed E-state index contributed by atoms with van der Waals surface area (Å²) in [7, 11) is 0. The van der Waals surface area contributed by atoms with Gasteiger partial charge in [-0.25, -0.2) is 9.37 Å². The largest absolute Gasteiger partial charge is 0.438 e. The minimum Gasteiger partial charge on any atom is -0.438 e. The van der Waals surface area contributed by atoms with Crippen molar-refractivity contribution in [3.05, 3.63) is 78.2 Å². The maximum atomic E-state index is 14.5. The Bertz CT molecular complexity index is 1420. The SMILES string of the molecule is CC(C)Nc1nccc(Oc2ccc(NC(=O)c3cc(F)cc(N4CCCCC4)c3)c3ccccc23)n1. The van der Waals surface area contributed by atoms with E-state index in [0.29, 0.717) is 23.3 Å². The molecule has 0 saturated carbocycles. The minimum absolute atomic E-state index is 0.188. The lowest BCUT2D eigenvalue weighted by Gasteiger charge is -2.29. The van der Waals surface area contributed by atoms with Crippen LogP contribution in [0.2, 0.25) is 0 Å². The van der Waals surface area contributed by atoms with Crippen molar-refractivity contribution in [2.24, 2.45) is 0 Å². The lowest BCUT2D eigenvalue weighted by molar-refractivity contribution is 0.102. The van der Waals surface area contributed by atoms with Gasteiger partial charge in [-0.2, -0.15) is 4.98 Å². The van der Waals surface area contributed by atoms with E-state index in [1.165, 1.54) is 18.6 Å². The number of fused-ring (bicyclic) bond motifs is 1. The number of hydrogen-bond acceptors (Lipinski definition) is 6. The molecule has 1 fully saturated rings. The van der Waals surface area contributed by atoms with Crippen molar-refractivity contribution < 1.29 is 13.9 Å². The van der Waals surface area contributed by atoms with Crippen molar-refractivity contribution >= 4 is 34.0 Å². The number of ether oxygens (including phenoxy) is 1. The molecule has 0 radical (unpaired) electrons. The summed E-state index contributed by atoms with van der Waals surface area (Å²) in [5.41, 5.74) is 1.65. The molecule has 0 spiro atoms. The number of carbonyl (C=O) groups is 1. The number of aromatic nitrogens is 2. The van der Waals surface area contributed by atoms with E-state index in [1.807, 2.05) is 38.1 Å². The molecule has 1 aromatic heterocycles. The van der Waals surface area contributed by atoms with Crippen LogP contribution in [0.25, 0.3) is 10.8 Å². The number of rotatable bonds is 7. The summed E-state index contributed by atoms with van der Waals surface area (Å²) in [6, 6.07) is 17.6. The topological polar surface area (TPSA) is 79.4 Å². The summed E-state index contributed by atoms with van der Waals surface area (Å²) < 4.78 is 20.6. The van der Waals surface area contributed by atoms with Crippen molar-refractivity contribution in [1.29, 1.82) is 0 Å². The summed E-state index contributed by atoms with van der Waals surface area (Å²) in [4.78, 5) is 24.0. The molecule has 0 bridgehead atoms. The average molecular weight is 500 g/mol. The smallest absolute Gasteiger partial charge is 0.255 e. The Labute approximate surface area is 215 Å². The number of nitrogens with one attached hydrogen (secondary N) is 2. The maximum Gasteiger partial charge on any atom is 0.255 e. The Morgan fingerprint density at radius 2 is 1.78 bits per heavy atom. The fourth-order valence-corrected chi connectivity index (χ4v) is 4.54. The molecule has 5 rings (SSSR count). The normalized spacial score (nSPS) is 13.6. The van der Waals surface area contributed by atoms with Gasteiger partial charge in [0.2, 0.25) is 11.8 Å². The molecule has 1 amide bonds. The highest BCUT2D eigenvalue weighted by atomic mass is 19.1. The quantitative estimate of drug-likeness (QED) is 0.297. The van der Waals surface area contributed by atoms with Crippen LogP contribution in [0.4, 0.5) is 21.7 Å². The molecule has 3 aromatic carbocycles. The molecule has 4 aromatic rings. The fourth-order valence-electron chi connectivity index (χ4n) is 4.54. The van der Waals surface area contributed by atoms with E-state index in [4.69, 9.17) is 4.74 Å². The molecule has 8 heteroatoms. The molecule has 37 heavy (non-hydrogen) atoms. The van der Waals surface area contributed by atoms with E-state index in [0.717, 1.165) is 42.4 Å². The predicted molar refractivity (Wildman–Crippen MR) is 145 cm³/mol. The van der Waals surface area contributed by atoms with E-state index in [9.17, 15) is 9.18 Å². The second-order valence-corrected chi connectivity index (χ2v) is 9.48. The van der Waals surface area contributed by atoms with Gasteiger partial charge in [0.05, 0.1) is 0 Å². The van der Waals surface area contributed by atoms with Crippen LogP contribution in [-0.4, -0.2) is 35.0 Å². The van der Waals surface area contributed by atoms with Crippen molar-refractivity contribution in [3.63, 3.8) is 0 Å². The van der Waals surface area contributed by atoms with E-state index in [1.54, 1.807) is 30.5 Å². The minimum atomic E-state index is -0.419. The average Bonchev–Trinajstić information content (AvgIpc) is 2.90. The molecule has 2 N–H and O–H groups in total. The van der Waals surface area contributed by atoms with Crippen molar-refractivity contribution in [2.75, 3.05) is 28.6 Å². The lowest BCUT2D eigenvalue weighted by atomic mass is 10.1. The van der Waals surface area contributed by atoms with Crippen LogP contribution in [-0.2, 0) is 0 Å². The van der Waals surface area contributed by atoms with E-state index >= 15 is 0 Å². The van der Waals surface area contributed by atoms with Crippen LogP contribution in [0.3, 0.4) is 0 Å². The number of nitrogens with zero attached hydrogens (tertiary/aromatic N) is 3.